The van der Waals surface area contributed by atoms with Crippen LogP contribution in [-0.2, 0) is 4.74 Å². The zero-order chi connectivity index (χ0) is 17.5. The standard InChI is InChI=1S/C21H25NO2/c1-15(2)14-24-12-11-22-20-8-6-5-7-19(20)21(23)18-10-9-16(3)13-17(18)4/h5-10,13,22H,1,11-12,14H2,2-4H3. The molecule has 0 aliphatic rings. The molecule has 0 atom stereocenters. The van der Waals surface area contributed by atoms with Crippen LogP contribution in [0, 0.1) is 13.8 Å². The Labute approximate surface area is 144 Å². The molecule has 0 aliphatic carbocycles. The van der Waals surface area contributed by atoms with Crippen molar-refractivity contribution in [1.29, 1.82) is 0 Å². The van der Waals surface area contributed by atoms with Crippen molar-refractivity contribution in [3.05, 3.63) is 76.9 Å². The Morgan fingerprint density at radius 3 is 2.58 bits per heavy atom. The summed E-state index contributed by atoms with van der Waals surface area (Å²) in [6.07, 6.45) is 0. The third-order valence-electron chi connectivity index (χ3n) is 3.71. The maximum Gasteiger partial charge on any atom is 0.195 e. The van der Waals surface area contributed by atoms with Crippen LogP contribution < -0.4 is 5.32 Å². The molecule has 0 saturated heterocycles. The third kappa shape index (κ3) is 4.80. The number of rotatable bonds is 8. The maximum absolute atomic E-state index is 12.9. The first-order chi connectivity index (χ1) is 11.5. The molecule has 0 amide bonds. The van der Waals surface area contributed by atoms with E-state index in [0.717, 1.165) is 28.0 Å². The van der Waals surface area contributed by atoms with E-state index >= 15 is 0 Å². The van der Waals surface area contributed by atoms with E-state index in [1.165, 1.54) is 0 Å². The first-order valence-corrected chi connectivity index (χ1v) is 8.16. The second-order valence-corrected chi connectivity index (χ2v) is 6.13. The van der Waals surface area contributed by atoms with Gasteiger partial charge in [-0.15, -0.1) is 0 Å². The molecule has 2 aromatic carbocycles. The van der Waals surface area contributed by atoms with Crippen molar-refractivity contribution in [2.75, 3.05) is 25.1 Å². The van der Waals surface area contributed by atoms with Crippen LogP contribution in [0.5, 0.6) is 0 Å². The molecule has 1 N–H and O–H groups in total. The Kier molecular flexibility index (Phi) is 6.33. The van der Waals surface area contributed by atoms with Gasteiger partial charge in [0.1, 0.15) is 0 Å². The number of aryl methyl sites for hydroxylation is 2. The van der Waals surface area contributed by atoms with E-state index in [1.54, 1.807) is 0 Å². The highest BCUT2D eigenvalue weighted by Gasteiger charge is 2.15. The van der Waals surface area contributed by atoms with E-state index in [2.05, 4.69) is 11.9 Å². The van der Waals surface area contributed by atoms with E-state index in [0.29, 0.717) is 25.3 Å². The Morgan fingerprint density at radius 2 is 1.88 bits per heavy atom. The molecule has 126 valence electrons. The first-order valence-electron chi connectivity index (χ1n) is 8.16. The van der Waals surface area contributed by atoms with E-state index < -0.39 is 0 Å². The number of nitrogens with one attached hydrogen (secondary N) is 1. The molecule has 3 nitrogen and oxygen atoms in total. The lowest BCUT2D eigenvalue weighted by atomic mass is 9.96. The lowest BCUT2D eigenvalue weighted by Gasteiger charge is -2.13. The second kappa shape index (κ2) is 8.46. The predicted octanol–water partition coefficient (Wildman–Crippen LogP) is 4.54. The average molecular weight is 323 g/mol. The van der Waals surface area contributed by atoms with Gasteiger partial charge < -0.3 is 10.1 Å². The van der Waals surface area contributed by atoms with Crippen molar-refractivity contribution < 1.29 is 9.53 Å². The summed E-state index contributed by atoms with van der Waals surface area (Å²) in [4.78, 5) is 12.9. The maximum atomic E-state index is 12.9. The fraction of sp³-hybridized carbons (Fsp3) is 0.286. The summed E-state index contributed by atoms with van der Waals surface area (Å²) in [5.41, 5.74) is 5.42. The molecular weight excluding hydrogens is 298 g/mol. The van der Waals surface area contributed by atoms with Crippen LogP contribution in [0.2, 0.25) is 0 Å². The number of para-hydroxylation sites is 1. The van der Waals surface area contributed by atoms with Crippen molar-refractivity contribution in [1.82, 2.24) is 0 Å². The zero-order valence-electron chi connectivity index (χ0n) is 14.7. The molecule has 24 heavy (non-hydrogen) atoms. The fourth-order valence-corrected chi connectivity index (χ4v) is 2.55. The highest BCUT2D eigenvalue weighted by molar-refractivity contribution is 6.13. The second-order valence-electron chi connectivity index (χ2n) is 6.13. The van der Waals surface area contributed by atoms with Crippen LogP contribution >= 0.6 is 0 Å². The van der Waals surface area contributed by atoms with Crippen molar-refractivity contribution >= 4 is 11.5 Å². The summed E-state index contributed by atoms with van der Waals surface area (Å²) < 4.78 is 5.49. The number of ether oxygens (including phenoxy) is 1. The number of hydrogen-bond acceptors (Lipinski definition) is 3. The molecule has 0 radical (unpaired) electrons. The highest BCUT2D eigenvalue weighted by Crippen LogP contribution is 2.21. The zero-order valence-corrected chi connectivity index (χ0v) is 14.7. The number of ketones is 1. The van der Waals surface area contributed by atoms with Gasteiger partial charge in [-0.1, -0.05) is 48.0 Å². The molecule has 0 saturated carbocycles. The summed E-state index contributed by atoms with van der Waals surface area (Å²) in [6, 6.07) is 13.5. The third-order valence-corrected chi connectivity index (χ3v) is 3.71. The van der Waals surface area contributed by atoms with Gasteiger partial charge in [-0.2, -0.15) is 0 Å². The molecule has 0 heterocycles. The number of anilines is 1. The van der Waals surface area contributed by atoms with Gasteiger partial charge in [0, 0.05) is 23.4 Å². The van der Waals surface area contributed by atoms with Gasteiger partial charge in [0.05, 0.1) is 13.2 Å². The van der Waals surface area contributed by atoms with Crippen molar-refractivity contribution in [3.8, 4) is 0 Å². The van der Waals surface area contributed by atoms with E-state index in [9.17, 15) is 4.79 Å². The monoisotopic (exact) mass is 323 g/mol. The van der Waals surface area contributed by atoms with Crippen LogP contribution in [0.1, 0.15) is 34.0 Å². The summed E-state index contributed by atoms with van der Waals surface area (Å²) in [5, 5.41) is 3.29. The minimum Gasteiger partial charge on any atom is -0.382 e. The molecule has 0 bridgehead atoms. The van der Waals surface area contributed by atoms with Crippen molar-refractivity contribution in [2.24, 2.45) is 0 Å². The Morgan fingerprint density at radius 1 is 1.12 bits per heavy atom. The van der Waals surface area contributed by atoms with Gasteiger partial charge in [-0.25, -0.2) is 0 Å². The lowest BCUT2D eigenvalue weighted by molar-refractivity contribution is 0.103. The summed E-state index contributed by atoms with van der Waals surface area (Å²) in [6.45, 7) is 11.5. The number of carbonyl (C=O) groups excluding carboxylic acids is 1. The van der Waals surface area contributed by atoms with Crippen LogP contribution in [0.4, 0.5) is 5.69 Å². The highest BCUT2D eigenvalue weighted by atomic mass is 16.5. The Hall–Kier alpha value is -2.39. The van der Waals surface area contributed by atoms with Gasteiger partial charge >= 0.3 is 0 Å². The lowest BCUT2D eigenvalue weighted by Crippen LogP contribution is -2.14. The van der Waals surface area contributed by atoms with E-state index in [-0.39, 0.29) is 5.78 Å². The number of benzene rings is 2. The smallest absolute Gasteiger partial charge is 0.195 e. The molecule has 0 aromatic heterocycles. The van der Waals surface area contributed by atoms with Crippen LogP contribution in [-0.4, -0.2) is 25.5 Å². The topological polar surface area (TPSA) is 38.3 Å². The summed E-state index contributed by atoms with van der Waals surface area (Å²) >= 11 is 0. The van der Waals surface area contributed by atoms with Crippen molar-refractivity contribution in [3.63, 3.8) is 0 Å². The SMILES string of the molecule is C=C(C)COCCNc1ccccc1C(=O)c1ccc(C)cc1C. The average Bonchev–Trinajstić information content (AvgIpc) is 2.54. The molecule has 3 heteroatoms. The molecule has 0 spiro atoms. The minimum atomic E-state index is 0.0402. The first kappa shape index (κ1) is 18.0. The van der Waals surface area contributed by atoms with Gasteiger partial charge in [-0.3, -0.25) is 4.79 Å². The molecule has 0 fully saturated rings. The quantitative estimate of drug-likeness (QED) is 0.440. The van der Waals surface area contributed by atoms with Crippen molar-refractivity contribution in [2.45, 2.75) is 20.8 Å². The molecule has 2 rings (SSSR count). The summed E-state index contributed by atoms with van der Waals surface area (Å²) in [7, 11) is 0. The largest absolute Gasteiger partial charge is 0.382 e. The van der Waals surface area contributed by atoms with E-state index in [1.807, 2.05) is 63.2 Å². The van der Waals surface area contributed by atoms with Gasteiger partial charge in [0.25, 0.3) is 0 Å². The van der Waals surface area contributed by atoms with Gasteiger partial charge in [0.2, 0.25) is 0 Å². The van der Waals surface area contributed by atoms with E-state index in [4.69, 9.17) is 4.74 Å². The molecule has 0 unspecified atom stereocenters. The van der Waals surface area contributed by atoms with Gasteiger partial charge in [0.15, 0.2) is 5.78 Å². The predicted molar refractivity (Wildman–Crippen MR) is 99.9 cm³/mol. The minimum absolute atomic E-state index is 0.0402. The molecule has 2 aromatic rings. The number of hydrogen-bond donors (Lipinski definition) is 1. The fourth-order valence-electron chi connectivity index (χ4n) is 2.55. The normalized spacial score (nSPS) is 10.5. The summed E-state index contributed by atoms with van der Waals surface area (Å²) in [5.74, 6) is 0.0402. The van der Waals surface area contributed by atoms with Gasteiger partial charge in [-0.05, 0) is 38.5 Å². The number of carbonyl (C=O) groups is 1. The van der Waals surface area contributed by atoms with Crippen LogP contribution in [0.3, 0.4) is 0 Å². The molecule has 0 aliphatic heterocycles. The van der Waals surface area contributed by atoms with Crippen LogP contribution in [0.25, 0.3) is 0 Å². The molecular formula is C21H25NO2. The Bertz CT molecular complexity index is 734. The van der Waals surface area contributed by atoms with Crippen LogP contribution in [0.15, 0.2) is 54.6 Å². The Balaban J connectivity index is 2.10.